The van der Waals surface area contributed by atoms with E-state index < -0.39 is 17.8 Å². The average Bonchev–Trinajstić information content (AvgIpc) is 3.26. The van der Waals surface area contributed by atoms with Crippen LogP contribution in [-0.2, 0) is 9.59 Å². The fourth-order valence-corrected chi connectivity index (χ4v) is 6.32. The van der Waals surface area contributed by atoms with E-state index in [2.05, 4.69) is 5.32 Å². The largest absolute Gasteiger partial charge is 0.481 e. The monoisotopic (exact) mass is 459 g/mol. The Kier molecular flexibility index (Phi) is 4.18. The number of rotatable bonds is 3. The molecule has 0 unspecified atom stereocenters. The van der Waals surface area contributed by atoms with Gasteiger partial charge in [0.05, 0.1) is 11.8 Å². The number of nitrogens with one attached hydrogen (secondary N) is 1. The lowest BCUT2D eigenvalue weighted by molar-refractivity contribution is -0.148. The third-order valence-corrected chi connectivity index (χ3v) is 7.67. The van der Waals surface area contributed by atoms with Crippen LogP contribution < -0.4 is 5.32 Å². The van der Waals surface area contributed by atoms with Gasteiger partial charge in [0.25, 0.3) is 0 Å². The molecule has 1 heterocycles. The molecule has 3 aliphatic rings. The molecule has 2 N–H and O–H groups in total. The van der Waals surface area contributed by atoms with Crippen LogP contribution in [0.2, 0.25) is 0 Å². The van der Waals surface area contributed by atoms with Crippen molar-refractivity contribution in [3.8, 4) is 0 Å². The van der Waals surface area contributed by atoms with Gasteiger partial charge >= 0.3 is 5.97 Å². The van der Waals surface area contributed by atoms with Crippen LogP contribution in [0.3, 0.4) is 0 Å². The summed E-state index contributed by atoms with van der Waals surface area (Å²) in [5.74, 6) is -3.49. The molecule has 0 saturated heterocycles. The Labute approximate surface area is 201 Å². The second-order valence-electron chi connectivity index (χ2n) is 9.40. The molecule has 4 aromatic carbocycles. The summed E-state index contributed by atoms with van der Waals surface area (Å²) in [6, 6.07) is 29.3. The lowest BCUT2D eigenvalue weighted by Gasteiger charge is -2.48. The molecule has 5 nitrogen and oxygen atoms in total. The van der Waals surface area contributed by atoms with Crippen LogP contribution in [0.25, 0.3) is 21.9 Å². The molecule has 0 spiro atoms. The molecular weight excluding hydrogens is 438 g/mol. The number of para-hydroxylation sites is 1. The van der Waals surface area contributed by atoms with Crippen molar-refractivity contribution in [1.29, 1.82) is 0 Å². The molecule has 35 heavy (non-hydrogen) atoms. The Morgan fingerprint density at radius 1 is 0.657 bits per heavy atom. The standard InChI is InChI=1S/C30H21NO4/c32-29(31-16-13-14-18-17-7-5-6-12-23(17)35-24(18)15-16)27-25-19-8-1-3-10-21(19)26(28(27)30(33)34)22-11-4-2-9-20(22)25/h1-15,25-28H,(H,31,32)(H,33,34)/t25?,26?,27-,28+/m1/s1. The van der Waals surface area contributed by atoms with Gasteiger partial charge in [-0.1, -0.05) is 66.7 Å². The third-order valence-electron chi connectivity index (χ3n) is 7.67. The van der Waals surface area contributed by atoms with Gasteiger partial charge < -0.3 is 14.8 Å². The van der Waals surface area contributed by atoms with Crippen molar-refractivity contribution in [3.05, 3.63) is 113 Å². The molecule has 2 atom stereocenters. The van der Waals surface area contributed by atoms with Gasteiger partial charge in [0, 0.05) is 34.4 Å². The highest BCUT2D eigenvalue weighted by atomic mass is 16.4. The Morgan fingerprint density at radius 3 is 1.83 bits per heavy atom. The summed E-state index contributed by atoms with van der Waals surface area (Å²) in [6.45, 7) is 0. The number of fused-ring (bicyclic) bond motifs is 4. The summed E-state index contributed by atoms with van der Waals surface area (Å²) >= 11 is 0. The van der Waals surface area contributed by atoms with Crippen molar-refractivity contribution in [1.82, 2.24) is 0 Å². The van der Waals surface area contributed by atoms with Gasteiger partial charge in [0.1, 0.15) is 11.2 Å². The van der Waals surface area contributed by atoms with E-state index in [0.717, 1.165) is 38.6 Å². The number of hydrogen-bond donors (Lipinski definition) is 2. The third kappa shape index (κ3) is 2.81. The molecule has 5 aromatic rings. The number of carbonyl (C=O) groups excluding carboxylic acids is 1. The predicted molar refractivity (Wildman–Crippen MR) is 134 cm³/mol. The van der Waals surface area contributed by atoms with Crippen LogP contribution in [0.1, 0.15) is 34.1 Å². The maximum Gasteiger partial charge on any atom is 0.308 e. The Bertz CT molecular complexity index is 1620. The zero-order valence-electron chi connectivity index (χ0n) is 18.6. The van der Waals surface area contributed by atoms with Gasteiger partial charge in [0.2, 0.25) is 5.91 Å². The van der Waals surface area contributed by atoms with Gasteiger partial charge in [-0.25, -0.2) is 0 Å². The van der Waals surface area contributed by atoms with Crippen LogP contribution in [0, 0.1) is 11.8 Å². The van der Waals surface area contributed by atoms with Gasteiger partial charge in [-0.2, -0.15) is 0 Å². The highest BCUT2D eigenvalue weighted by molar-refractivity contribution is 6.07. The van der Waals surface area contributed by atoms with Crippen LogP contribution in [0.5, 0.6) is 0 Å². The number of carboxylic acid groups (broad SMARTS) is 1. The second kappa shape index (κ2) is 7.31. The minimum atomic E-state index is -0.947. The lowest BCUT2D eigenvalue weighted by atomic mass is 9.54. The molecule has 2 bridgehead atoms. The quantitative estimate of drug-likeness (QED) is 0.340. The number of anilines is 1. The molecular formula is C30H21NO4. The molecule has 5 heteroatoms. The molecule has 1 aromatic heterocycles. The van der Waals surface area contributed by atoms with Gasteiger partial charge in [-0.15, -0.1) is 0 Å². The van der Waals surface area contributed by atoms with Crippen molar-refractivity contribution < 1.29 is 19.1 Å². The van der Waals surface area contributed by atoms with E-state index in [0.29, 0.717) is 11.3 Å². The Morgan fingerprint density at radius 2 is 1.20 bits per heavy atom. The predicted octanol–water partition coefficient (Wildman–Crippen LogP) is 6.13. The van der Waals surface area contributed by atoms with E-state index in [9.17, 15) is 14.7 Å². The Hall–Kier alpha value is -4.38. The minimum Gasteiger partial charge on any atom is -0.481 e. The van der Waals surface area contributed by atoms with Crippen LogP contribution in [-0.4, -0.2) is 17.0 Å². The number of benzene rings is 4. The van der Waals surface area contributed by atoms with Gasteiger partial charge in [0.15, 0.2) is 0 Å². The summed E-state index contributed by atoms with van der Waals surface area (Å²) in [5, 5.41) is 15.3. The minimum absolute atomic E-state index is 0.285. The smallest absolute Gasteiger partial charge is 0.308 e. The van der Waals surface area contributed by atoms with E-state index in [1.165, 1.54) is 0 Å². The summed E-state index contributed by atoms with van der Waals surface area (Å²) < 4.78 is 5.98. The van der Waals surface area contributed by atoms with Crippen LogP contribution in [0.15, 0.2) is 95.4 Å². The molecule has 0 aliphatic heterocycles. The zero-order chi connectivity index (χ0) is 23.7. The number of carbonyl (C=O) groups is 2. The Balaban J connectivity index is 1.32. The van der Waals surface area contributed by atoms with Crippen LogP contribution in [0.4, 0.5) is 5.69 Å². The highest BCUT2D eigenvalue weighted by Gasteiger charge is 2.55. The van der Waals surface area contributed by atoms with Crippen molar-refractivity contribution in [2.24, 2.45) is 11.8 Å². The van der Waals surface area contributed by atoms with E-state index in [-0.39, 0.29) is 17.7 Å². The number of aliphatic carboxylic acids is 1. The first-order valence-corrected chi connectivity index (χ1v) is 11.7. The van der Waals surface area contributed by atoms with Crippen LogP contribution >= 0.6 is 0 Å². The summed E-state index contributed by atoms with van der Waals surface area (Å²) in [6.07, 6.45) is 0. The average molecular weight is 460 g/mol. The zero-order valence-corrected chi connectivity index (χ0v) is 18.6. The molecule has 8 rings (SSSR count). The number of furan rings is 1. The normalized spacial score (nSPS) is 22.1. The molecule has 0 saturated carbocycles. The van der Waals surface area contributed by atoms with Crippen molar-refractivity contribution in [3.63, 3.8) is 0 Å². The first-order chi connectivity index (χ1) is 17.1. The molecule has 1 amide bonds. The molecule has 0 radical (unpaired) electrons. The van der Waals surface area contributed by atoms with Crippen molar-refractivity contribution in [2.45, 2.75) is 11.8 Å². The lowest BCUT2D eigenvalue weighted by Crippen LogP contribution is -2.48. The first kappa shape index (κ1) is 20.0. The van der Waals surface area contributed by atoms with E-state index in [1.807, 2.05) is 91.0 Å². The summed E-state index contributed by atoms with van der Waals surface area (Å²) in [4.78, 5) is 26.4. The molecule has 3 aliphatic carbocycles. The maximum atomic E-state index is 13.8. The van der Waals surface area contributed by atoms with E-state index in [1.54, 1.807) is 0 Å². The van der Waals surface area contributed by atoms with Crippen molar-refractivity contribution in [2.75, 3.05) is 5.32 Å². The number of amides is 1. The fourth-order valence-electron chi connectivity index (χ4n) is 6.32. The highest BCUT2D eigenvalue weighted by Crippen LogP contribution is 2.58. The number of hydrogen-bond acceptors (Lipinski definition) is 3. The number of carboxylic acids is 1. The van der Waals surface area contributed by atoms with Gasteiger partial charge in [-0.3, -0.25) is 9.59 Å². The van der Waals surface area contributed by atoms with Gasteiger partial charge in [-0.05, 0) is 40.5 Å². The van der Waals surface area contributed by atoms with Crippen molar-refractivity contribution >= 4 is 39.5 Å². The fraction of sp³-hybridized carbons (Fsp3) is 0.133. The first-order valence-electron chi connectivity index (χ1n) is 11.7. The topological polar surface area (TPSA) is 79.5 Å². The SMILES string of the molecule is O=C(Nc1ccc2c(c1)oc1ccccc12)[C@@H]1C2c3ccccc3C(c3ccccc32)[C@@H]1C(=O)O. The maximum absolute atomic E-state index is 13.8. The van der Waals surface area contributed by atoms with E-state index >= 15 is 0 Å². The molecule has 170 valence electrons. The summed E-state index contributed by atoms with van der Waals surface area (Å²) in [7, 11) is 0. The molecule has 0 fully saturated rings. The van der Waals surface area contributed by atoms with E-state index in [4.69, 9.17) is 4.42 Å². The second-order valence-corrected chi connectivity index (χ2v) is 9.40. The summed E-state index contributed by atoms with van der Waals surface area (Å²) in [5.41, 5.74) is 6.17.